The van der Waals surface area contributed by atoms with Crippen LogP contribution in [0.3, 0.4) is 0 Å². The molecule has 3 aromatic rings. The fourth-order valence-electron chi connectivity index (χ4n) is 4.31. The lowest BCUT2D eigenvalue weighted by atomic mass is 9.97. The number of nitrogens with one attached hydrogen (secondary N) is 1. The van der Waals surface area contributed by atoms with E-state index in [-0.39, 0.29) is 17.9 Å². The number of fused-ring (bicyclic) bond motifs is 1. The Hall–Kier alpha value is -3.69. The maximum atomic E-state index is 13.5. The second kappa shape index (κ2) is 10.5. The van der Waals surface area contributed by atoms with Crippen LogP contribution in [0.4, 0.5) is 0 Å². The molecular weight excluding hydrogens is 496 g/mol. The molecule has 9 heteroatoms. The summed E-state index contributed by atoms with van der Waals surface area (Å²) in [7, 11) is 0. The van der Waals surface area contributed by atoms with Crippen molar-refractivity contribution in [1.82, 2.24) is 10.2 Å². The Kier molecular flexibility index (Phi) is 7.02. The van der Waals surface area contributed by atoms with Crippen molar-refractivity contribution in [3.63, 3.8) is 0 Å². The number of aldehydes is 1. The van der Waals surface area contributed by atoms with E-state index < -0.39 is 35.4 Å². The maximum Gasteiger partial charge on any atom is 0.334 e. The Balaban J connectivity index is 1.35. The van der Waals surface area contributed by atoms with Gasteiger partial charge in [0.1, 0.15) is 17.7 Å². The number of amides is 2. The Morgan fingerprint density at radius 1 is 1.00 bits per heavy atom. The molecule has 1 aromatic heterocycles. The predicted octanol–water partition coefficient (Wildman–Crippen LogP) is 3.47. The molecule has 2 aromatic carbocycles. The molecule has 36 heavy (non-hydrogen) atoms. The summed E-state index contributed by atoms with van der Waals surface area (Å²) in [6, 6.07) is 20.3. The van der Waals surface area contributed by atoms with E-state index in [0.29, 0.717) is 6.29 Å². The number of ether oxygens (including phenoxy) is 1. The minimum Gasteiger partial charge on any atom is -0.451 e. The van der Waals surface area contributed by atoms with Crippen LogP contribution >= 0.6 is 23.1 Å². The van der Waals surface area contributed by atoms with Gasteiger partial charge < -0.3 is 15.0 Å². The first-order valence-corrected chi connectivity index (χ1v) is 13.1. The molecule has 2 aliphatic rings. The van der Waals surface area contributed by atoms with E-state index in [9.17, 15) is 19.2 Å². The molecule has 0 saturated carbocycles. The van der Waals surface area contributed by atoms with Gasteiger partial charge in [0.05, 0.1) is 6.42 Å². The minimum absolute atomic E-state index is 0.151. The van der Waals surface area contributed by atoms with Crippen LogP contribution in [0.5, 0.6) is 0 Å². The van der Waals surface area contributed by atoms with Gasteiger partial charge in [-0.2, -0.15) is 0 Å². The van der Waals surface area contributed by atoms with Crippen molar-refractivity contribution in [2.24, 2.45) is 0 Å². The molecular formula is C27H22N2O5S2. The number of β-lactam (4-membered cyclic amide) rings is 1. The molecule has 3 atom stereocenters. The standard InChI is InChI=1S/C27H22N2O5S2/c30-15-19-16-36-26-22(28-21(31)14-20-12-7-13-35-20)25(32)29(26)23(19)27(33)34-24(17-8-3-1-4-9-17)18-10-5-2-6-11-18/h1-13,15-16,22-24,26H,14H2,(H,28,31)/t22?,23?,26-/m1/s1. The number of thiophene rings is 1. The van der Waals surface area contributed by atoms with Crippen LogP contribution in [0.15, 0.2) is 89.2 Å². The lowest BCUT2D eigenvalue weighted by Crippen LogP contribution is -2.74. The molecule has 2 amide bonds. The summed E-state index contributed by atoms with van der Waals surface area (Å²) in [6.07, 6.45) is 0.0410. The number of thioether (sulfide) groups is 1. The first-order chi connectivity index (χ1) is 17.6. The smallest absolute Gasteiger partial charge is 0.334 e. The Labute approximate surface area is 216 Å². The van der Waals surface area contributed by atoms with Crippen molar-refractivity contribution in [2.75, 3.05) is 0 Å². The van der Waals surface area contributed by atoms with Crippen LogP contribution in [0, 0.1) is 0 Å². The van der Waals surface area contributed by atoms with Crippen LogP contribution < -0.4 is 5.32 Å². The maximum absolute atomic E-state index is 13.5. The summed E-state index contributed by atoms with van der Waals surface area (Å²) in [6.45, 7) is 0. The third kappa shape index (κ3) is 4.72. The summed E-state index contributed by atoms with van der Waals surface area (Å²) in [5.74, 6) is -1.39. The SMILES string of the molecule is O=CC1=CS[C@@H]2C(NC(=O)Cc3cccs3)C(=O)N2C1C(=O)OC(c1ccccc1)c1ccccc1. The normalized spacial score (nSPS) is 20.7. The highest BCUT2D eigenvalue weighted by molar-refractivity contribution is 8.03. The van der Waals surface area contributed by atoms with Gasteiger partial charge in [-0.1, -0.05) is 66.7 Å². The van der Waals surface area contributed by atoms with Crippen LogP contribution in [0.1, 0.15) is 22.1 Å². The van der Waals surface area contributed by atoms with E-state index in [1.807, 2.05) is 78.2 Å². The summed E-state index contributed by atoms with van der Waals surface area (Å²) >= 11 is 2.70. The molecule has 2 aliphatic heterocycles. The minimum atomic E-state index is -1.18. The number of benzene rings is 2. The highest BCUT2D eigenvalue weighted by Crippen LogP contribution is 2.40. The van der Waals surface area contributed by atoms with Crippen LogP contribution in [0.25, 0.3) is 0 Å². The third-order valence-corrected chi connectivity index (χ3v) is 8.11. The highest BCUT2D eigenvalue weighted by atomic mass is 32.2. The zero-order valence-electron chi connectivity index (χ0n) is 19.0. The summed E-state index contributed by atoms with van der Waals surface area (Å²) in [5.41, 5.74) is 1.69. The van der Waals surface area contributed by atoms with Crippen molar-refractivity contribution >= 4 is 47.2 Å². The van der Waals surface area contributed by atoms with Gasteiger partial charge in [-0.25, -0.2) is 4.79 Å². The molecule has 1 N–H and O–H groups in total. The molecule has 5 rings (SSSR count). The van der Waals surface area contributed by atoms with E-state index in [1.54, 1.807) is 5.41 Å². The average Bonchev–Trinajstić information content (AvgIpc) is 3.43. The average molecular weight is 519 g/mol. The zero-order valence-corrected chi connectivity index (χ0v) is 20.6. The molecule has 0 spiro atoms. The number of nitrogens with zero attached hydrogens (tertiary/aromatic N) is 1. The second-order valence-electron chi connectivity index (χ2n) is 8.35. The summed E-state index contributed by atoms with van der Waals surface area (Å²) < 4.78 is 5.95. The Morgan fingerprint density at radius 3 is 2.25 bits per heavy atom. The van der Waals surface area contributed by atoms with Gasteiger partial charge in [0.15, 0.2) is 12.1 Å². The van der Waals surface area contributed by atoms with Crippen molar-refractivity contribution in [1.29, 1.82) is 0 Å². The van der Waals surface area contributed by atoms with Crippen LogP contribution in [0.2, 0.25) is 0 Å². The lowest BCUT2D eigenvalue weighted by molar-refractivity contribution is -0.165. The van der Waals surface area contributed by atoms with Gasteiger partial charge in [0.25, 0.3) is 0 Å². The molecule has 1 fully saturated rings. The fourth-order valence-corrected chi connectivity index (χ4v) is 6.20. The van der Waals surface area contributed by atoms with Crippen molar-refractivity contribution in [3.05, 3.63) is 105 Å². The van der Waals surface area contributed by atoms with E-state index in [4.69, 9.17) is 4.74 Å². The van der Waals surface area contributed by atoms with Crippen molar-refractivity contribution in [2.45, 2.75) is 30.0 Å². The zero-order chi connectivity index (χ0) is 25.1. The van der Waals surface area contributed by atoms with Gasteiger partial charge in [-0.15, -0.1) is 23.1 Å². The summed E-state index contributed by atoms with van der Waals surface area (Å²) in [5, 5.41) is 5.73. The van der Waals surface area contributed by atoms with Gasteiger partial charge in [0.2, 0.25) is 11.8 Å². The third-order valence-electron chi connectivity index (χ3n) is 6.05. The predicted molar refractivity (Wildman–Crippen MR) is 137 cm³/mol. The lowest BCUT2D eigenvalue weighted by Gasteiger charge is -2.51. The van der Waals surface area contributed by atoms with Gasteiger partial charge in [0, 0.05) is 10.5 Å². The molecule has 182 valence electrons. The van der Waals surface area contributed by atoms with Crippen LogP contribution in [-0.2, 0) is 30.3 Å². The monoisotopic (exact) mass is 518 g/mol. The van der Waals surface area contributed by atoms with E-state index in [2.05, 4.69) is 5.32 Å². The second-order valence-corrected chi connectivity index (χ2v) is 10.4. The molecule has 0 aliphatic carbocycles. The number of hydrogen-bond donors (Lipinski definition) is 1. The fraction of sp³-hybridized carbons (Fsp3) is 0.185. The van der Waals surface area contributed by atoms with E-state index in [1.165, 1.54) is 28.0 Å². The number of carbonyl (C=O) groups excluding carboxylic acids is 4. The Morgan fingerprint density at radius 2 is 1.67 bits per heavy atom. The Bertz CT molecular complexity index is 1250. The number of carbonyl (C=O) groups is 4. The number of rotatable bonds is 8. The van der Waals surface area contributed by atoms with Gasteiger partial charge in [-0.3, -0.25) is 14.4 Å². The highest BCUT2D eigenvalue weighted by Gasteiger charge is 2.56. The first-order valence-electron chi connectivity index (χ1n) is 11.3. The number of hydrogen-bond acceptors (Lipinski definition) is 7. The van der Waals surface area contributed by atoms with Crippen molar-refractivity contribution < 1.29 is 23.9 Å². The molecule has 2 unspecified atom stereocenters. The first kappa shape index (κ1) is 24.0. The van der Waals surface area contributed by atoms with Gasteiger partial charge >= 0.3 is 5.97 Å². The van der Waals surface area contributed by atoms with Crippen molar-refractivity contribution in [3.8, 4) is 0 Å². The topological polar surface area (TPSA) is 92.8 Å². The van der Waals surface area contributed by atoms with Crippen LogP contribution in [-0.4, -0.2) is 46.4 Å². The number of esters is 1. The summed E-state index contributed by atoms with van der Waals surface area (Å²) in [4.78, 5) is 53.1. The largest absolute Gasteiger partial charge is 0.451 e. The molecule has 0 bridgehead atoms. The quantitative estimate of drug-likeness (QED) is 0.279. The molecule has 7 nitrogen and oxygen atoms in total. The van der Waals surface area contributed by atoms with E-state index in [0.717, 1.165) is 16.0 Å². The molecule has 3 heterocycles. The molecule has 1 saturated heterocycles. The van der Waals surface area contributed by atoms with Gasteiger partial charge in [-0.05, 0) is 28.0 Å². The molecule has 0 radical (unpaired) electrons. The van der Waals surface area contributed by atoms with E-state index >= 15 is 0 Å².